The Bertz CT molecular complexity index is 1050. The van der Waals surface area contributed by atoms with Crippen LogP contribution in [0, 0.1) is 6.92 Å². The van der Waals surface area contributed by atoms with Gasteiger partial charge in [-0.2, -0.15) is 5.10 Å². The van der Waals surface area contributed by atoms with E-state index in [9.17, 15) is 4.79 Å². The number of benzene rings is 2. The molecule has 2 heterocycles. The minimum absolute atomic E-state index is 0.210. The lowest BCUT2D eigenvalue weighted by atomic mass is 10.1. The molecule has 6 nitrogen and oxygen atoms in total. The maximum atomic E-state index is 12.4. The van der Waals surface area contributed by atoms with Gasteiger partial charge in [0.1, 0.15) is 0 Å². The van der Waals surface area contributed by atoms with E-state index in [2.05, 4.69) is 46.8 Å². The van der Waals surface area contributed by atoms with Gasteiger partial charge in [0, 0.05) is 23.9 Å². The number of aromatic nitrogens is 3. The largest absolute Gasteiger partial charge is 0.355 e. The number of hydrogen-bond acceptors (Lipinski definition) is 4. The Kier molecular flexibility index (Phi) is 4.53. The zero-order valence-corrected chi connectivity index (χ0v) is 14.8. The highest BCUT2D eigenvalue weighted by Crippen LogP contribution is 2.20. The summed E-state index contributed by atoms with van der Waals surface area (Å²) in [6.07, 6.45) is 1.83. The van der Waals surface area contributed by atoms with E-state index in [-0.39, 0.29) is 11.6 Å². The van der Waals surface area contributed by atoms with Crippen molar-refractivity contribution in [3.8, 4) is 11.3 Å². The normalized spacial score (nSPS) is 10.7. The zero-order chi connectivity index (χ0) is 18.6. The van der Waals surface area contributed by atoms with E-state index in [1.54, 1.807) is 16.8 Å². The van der Waals surface area contributed by atoms with Gasteiger partial charge in [-0.1, -0.05) is 65.3 Å². The molecule has 2 aromatic carbocycles. The van der Waals surface area contributed by atoms with E-state index in [4.69, 9.17) is 4.52 Å². The van der Waals surface area contributed by atoms with Crippen molar-refractivity contribution >= 4 is 11.7 Å². The highest BCUT2D eigenvalue weighted by atomic mass is 16.5. The van der Waals surface area contributed by atoms with Crippen molar-refractivity contribution in [1.82, 2.24) is 14.9 Å². The van der Waals surface area contributed by atoms with Crippen molar-refractivity contribution < 1.29 is 9.32 Å². The molecule has 0 saturated carbocycles. The molecule has 0 spiro atoms. The topological polar surface area (TPSA) is 73.0 Å². The second-order valence-corrected chi connectivity index (χ2v) is 6.28. The van der Waals surface area contributed by atoms with Crippen molar-refractivity contribution in [3.05, 3.63) is 89.7 Å². The summed E-state index contributed by atoms with van der Waals surface area (Å²) < 4.78 is 7.04. The Morgan fingerprint density at radius 3 is 2.63 bits per heavy atom. The van der Waals surface area contributed by atoms with Gasteiger partial charge in [0.05, 0.1) is 6.54 Å². The maximum absolute atomic E-state index is 12.4. The predicted octanol–water partition coefficient (Wildman–Crippen LogP) is 4.15. The van der Waals surface area contributed by atoms with E-state index in [1.807, 2.05) is 36.5 Å². The minimum Gasteiger partial charge on any atom is -0.355 e. The molecule has 4 rings (SSSR count). The van der Waals surface area contributed by atoms with Crippen molar-refractivity contribution in [1.29, 1.82) is 0 Å². The summed E-state index contributed by atoms with van der Waals surface area (Å²) in [7, 11) is 0. The molecule has 0 aliphatic rings. The van der Waals surface area contributed by atoms with Crippen LogP contribution in [0.4, 0.5) is 5.82 Å². The maximum Gasteiger partial charge on any atom is 0.279 e. The van der Waals surface area contributed by atoms with E-state index in [0.29, 0.717) is 18.1 Å². The monoisotopic (exact) mass is 358 g/mol. The van der Waals surface area contributed by atoms with Crippen LogP contribution in [-0.4, -0.2) is 20.8 Å². The molecular weight excluding hydrogens is 340 g/mol. The number of carbonyl (C=O) groups is 1. The molecule has 1 N–H and O–H groups in total. The molecule has 0 bridgehead atoms. The molecule has 0 aliphatic heterocycles. The number of rotatable bonds is 5. The number of nitrogens with zero attached hydrogens (tertiary/aromatic N) is 3. The van der Waals surface area contributed by atoms with Gasteiger partial charge < -0.3 is 9.84 Å². The molecule has 0 radical (unpaired) electrons. The highest BCUT2D eigenvalue weighted by molar-refractivity contribution is 6.02. The molecular formula is C21H18N4O2. The van der Waals surface area contributed by atoms with Crippen LogP contribution in [0.15, 0.2) is 77.4 Å². The molecule has 0 fully saturated rings. The van der Waals surface area contributed by atoms with E-state index in [1.165, 1.54) is 5.56 Å². The van der Waals surface area contributed by atoms with Gasteiger partial charge in [0.25, 0.3) is 5.91 Å². The Labute approximate surface area is 156 Å². The summed E-state index contributed by atoms with van der Waals surface area (Å²) in [5, 5.41) is 11.0. The summed E-state index contributed by atoms with van der Waals surface area (Å²) in [5.74, 6) is 0.656. The molecule has 0 unspecified atom stereocenters. The van der Waals surface area contributed by atoms with Crippen LogP contribution in [0.2, 0.25) is 0 Å². The molecule has 0 atom stereocenters. The molecule has 4 aromatic rings. The van der Waals surface area contributed by atoms with Gasteiger partial charge in [-0.15, -0.1) is 0 Å². The van der Waals surface area contributed by atoms with Crippen LogP contribution in [0.1, 0.15) is 21.6 Å². The van der Waals surface area contributed by atoms with Gasteiger partial charge in [0.15, 0.2) is 17.3 Å². The van der Waals surface area contributed by atoms with Crippen LogP contribution in [-0.2, 0) is 6.54 Å². The van der Waals surface area contributed by atoms with Crippen LogP contribution in [0.5, 0.6) is 0 Å². The Morgan fingerprint density at radius 1 is 1.07 bits per heavy atom. The summed E-state index contributed by atoms with van der Waals surface area (Å²) in [6, 6.07) is 21.2. The van der Waals surface area contributed by atoms with Crippen LogP contribution < -0.4 is 5.32 Å². The van der Waals surface area contributed by atoms with Crippen molar-refractivity contribution in [2.75, 3.05) is 5.32 Å². The number of hydrogen-bond donors (Lipinski definition) is 1. The Morgan fingerprint density at radius 2 is 1.85 bits per heavy atom. The highest BCUT2D eigenvalue weighted by Gasteiger charge is 2.15. The van der Waals surface area contributed by atoms with Gasteiger partial charge in [-0.25, -0.2) is 0 Å². The molecule has 1 amide bonds. The standard InChI is InChI=1S/C21H18N4O2/c1-15-7-9-16(10-8-15)14-25-12-11-20(23-25)22-21(26)18-13-19(27-24-18)17-5-3-2-4-6-17/h2-13H,14H2,1H3,(H,22,23,26). The third kappa shape index (κ3) is 3.95. The average molecular weight is 358 g/mol. The molecule has 6 heteroatoms. The van der Waals surface area contributed by atoms with Crippen LogP contribution >= 0.6 is 0 Å². The van der Waals surface area contributed by atoms with E-state index >= 15 is 0 Å². The number of anilines is 1. The quantitative estimate of drug-likeness (QED) is 0.582. The third-order valence-corrected chi connectivity index (χ3v) is 4.15. The lowest BCUT2D eigenvalue weighted by Gasteiger charge is -2.02. The Hall–Kier alpha value is -3.67. The summed E-state index contributed by atoms with van der Waals surface area (Å²) in [5.41, 5.74) is 3.44. The fourth-order valence-corrected chi connectivity index (χ4v) is 2.70. The van der Waals surface area contributed by atoms with E-state index < -0.39 is 0 Å². The van der Waals surface area contributed by atoms with Gasteiger partial charge in [0.2, 0.25) is 0 Å². The van der Waals surface area contributed by atoms with Gasteiger partial charge in [-0.3, -0.25) is 9.48 Å². The second kappa shape index (κ2) is 7.29. The molecule has 0 saturated heterocycles. The fraction of sp³-hybridized carbons (Fsp3) is 0.0952. The number of carbonyl (C=O) groups excluding carboxylic acids is 1. The first-order chi connectivity index (χ1) is 13.2. The molecule has 2 aromatic heterocycles. The lowest BCUT2D eigenvalue weighted by Crippen LogP contribution is -2.13. The number of nitrogens with one attached hydrogen (secondary N) is 1. The minimum atomic E-state index is -0.360. The molecule has 27 heavy (non-hydrogen) atoms. The van der Waals surface area contributed by atoms with Crippen molar-refractivity contribution in [2.24, 2.45) is 0 Å². The van der Waals surface area contributed by atoms with Crippen LogP contribution in [0.3, 0.4) is 0 Å². The van der Waals surface area contributed by atoms with Crippen molar-refractivity contribution in [3.63, 3.8) is 0 Å². The third-order valence-electron chi connectivity index (χ3n) is 4.15. The predicted molar refractivity (Wildman–Crippen MR) is 102 cm³/mol. The first-order valence-electron chi connectivity index (χ1n) is 8.60. The van der Waals surface area contributed by atoms with Gasteiger partial charge >= 0.3 is 0 Å². The second-order valence-electron chi connectivity index (χ2n) is 6.28. The summed E-state index contributed by atoms with van der Waals surface area (Å²) >= 11 is 0. The smallest absolute Gasteiger partial charge is 0.279 e. The summed E-state index contributed by atoms with van der Waals surface area (Å²) in [6.45, 7) is 2.69. The fourth-order valence-electron chi connectivity index (χ4n) is 2.70. The Balaban J connectivity index is 1.42. The van der Waals surface area contributed by atoms with Crippen molar-refractivity contribution in [2.45, 2.75) is 13.5 Å². The zero-order valence-electron chi connectivity index (χ0n) is 14.8. The summed E-state index contributed by atoms with van der Waals surface area (Å²) in [4.78, 5) is 12.4. The first kappa shape index (κ1) is 16.8. The van der Waals surface area contributed by atoms with E-state index in [0.717, 1.165) is 11.1 Å². The SMILES string of the molecule is Cc1ccc(Cn2ccc(NC(=O)c3cc(-c4ccccc4)on3)n2)cc1. The molecule has 0 aliphatic carbocycles. The first-order valence-corrected chi connectivity index (χ1v) is 8.60. The lowest BCUT2D eigenvalue weighted by molar-refractivity contribution is 0.101. The number of aryl methyl sites for hydroxylation is 1. The van der Waals surface area contributed by atoms with Gasteiger partial charge in [-0.05, 0) is 12.5 Å². The average Bonchev–Trinajstić information content (AvgIpc) is 3.34. The van der Waals surface area contributed by atoms with Crippen LogP contribution in [0.25, 0.3) is 11.3 Å². The number of amides is 1. The molecule has 134 valence electrons.